The van der Waals surface area contributed by atoms with E-state index >= 15 is 0 Å². The van der Waals surface area contributed by atoms with E-state index in [9.17, 15) is 9.59 Å². The van der Waals surface area contributed by atoms with Crippen molar-refractivity contribution >= 4 is 11.8 Å². The van der Waals surface area contributed by atoms with Crippen LogP contribution in [0.3, 0.4) is 0 Å². The predicted molar refractivity (Wildman–Crippen MR) is 74.9 cm³/mol. The fourth-order valence-electron chi connectivity index (χ4n) is 2.41. The number of piperidine rings is 1. The van der Waals surface area contributed by atoms with Gasteiger partial charge in [-0.2, -0.15) is 0 Å². The number of nitrogens with one attached hydrogen (secondary N) is 1. The summed E-state index contributed by atoms with van der Waals surface area (Å²) >= 11 is 0. The molecule has 19 heavy (non-hydrogen) atoms. The highest BCUT2D eigenvalue weighted by Gasteiger charge is 2.40. The summed E-state index contributed by atoms with van der Waals surface area (Å²) in [6, 6.07) is 8.14. The van der Waals surface area contributed by atoms with Crippen LogP contribution in [0.15, 0.2) is 24.3 Å². The van der Waals surface area contributed by atoms with Crippen molar-refractivity contribution in [1.82, 2.24) is 5.32 Å². The van der Waals surface area contributed by atoms with E-state index in [0.29, 0.717) is 12.8 Å². The van der Waals surface area contributed by atoms with Crippen molar-refractivity contribution in [2.75, 3.05) is 0 Å². The summed E-state index contributed by atoms with van der Waals surface area (Å²) in [6.07, 6.45) is 0.979. The van der Waals surface area contributed by atoms with Gasteiger partial charge < -0.3 is 0 Å². The summed E-state index contributed by atoms with van der Waals surface area (Å²) in [6.45, 7) is 8.37. The maximum atomic E-state index is 12.2. The lowest BCUT2D eigenvalue weighted by Gasteiger charge is -2.33. The minimum Gasteiger partial charge on any atom is -0.296 e. The van der Waals surface area contributed by atoms with Crippen molar-refractivity contribution in [2.45, 2.75) is 51.4 Å². The SMILES string of the molecule is CC(C)(C)c1cccc(C2(C)CCC(=O)NC2=O)c1. The quantitative estimate of drug-likeness (QED) is 0.788. The first kappa shape index (κ1) is 13.8. The molecule has 1 unspecified atom stereocenters. The molecule has 102 valence electrons. The minimum atomic E-state index is -0.602. The standard InChI is InChI=1S/C16H21NO2/c1-15(2,3)11-6-5-7-12(10-11)16(4)9-8-13(18)17-14(16)19/h5-7,10H,8-9H2,1-4H3,(H,17,18,19). The van der Waals surface area contributed by atoms with Crippen molar-refractivity contribution in [2.24, 2.45) is 0 Å². The second-order valence-electron chi connectivity index (χ2n) is 6.54. The number of benzene rings is 1. The maximum Gasteiger partial charge on any atom is 0.236 e. The molecule has 0 spiro atoms. The molecule has 3 nitrogen and oxygen atoms in total. The van der Waals surface area contributed by atoms with Gasteiger partial charge in [0.05, 0.1) is 5.41 Å². The molecule has 0 aromatic heterocycles. The van der Waals surface area contributed by atoms with Crippen LogP contribution in [0, 0.1) is 0 Å². The molecule has 1 aromatic rings. The average Bonchev–Trinajstić information content (AvgIpc) is 2.33. The Bertz CT molecular complexity index is 528. The second kappa shape index (κ2) is 4.48. The van der Waals surface area contributed by atoms with Gasteiger partial charge in [0.2, 0.25) is 11.8 Å². The van der Waals surface area contributed by atoms with Gasteiger partial charge in [-0.15, -0.1) is 0 Å². The summed E-state index contributed by atoms with van der Waals surface area (Å²) in [4.78, 5) is 23.4. The van der Waals surface area contributed by atoms with E-state index in [4.69, 9.17) is 0 Å². The maximum absolute atomic E-state index is 12.2. The predicted octanol–water partition coefficient (Wildman–Crippen LogP) is 2.68. The van der Waals surface area contributed by atoms with Gasteiger partial charge in [0.25, 0.3) is 0 Å². The third-order valence-corrected chi connectivity index (χ3v) is 3.97. The zero-order valence-electron chi connectivity index (χ0n) is 12.0. The van der Waals surface area contributed by atoms with Crippen molar-refractivity contribution in [3.8, 4) is 0 Å². The van der Waals surface area contributed by atoms with Gasteiger partial charge in [-0.1, -0.05) is 45.0 Å². The number of carbonyl (C=O) groups is 2. The van der Waals surface area contributed by atoms with Crippen LogP contribution in [-0.4, -0.2) is 11.8 Å². The molecule has 1 N–H and O–H groups in total. The number of hydrogen-bond acceptors (Lipinski definition) is 2. The molecule has 1 fully saturated rings. The molecule has 1 atom stereocenters. The van der Waals surface area contributed by atoms with Crippen LogP contribution in [0.2, 0.25) is 0 Å². The average molecular weight is 259 g/mol. The Morgan fingerprint density at radius 3 is 2.47 bits per heavy atom. The van der Waals surface area contributed by atoms with E-state index in [0.717, 1.165) is 5.56 Å². The summed E-state index contributed by atoms with van der Waals surface area (Å²) < 4.78 is 0. The van der Waals surface area contributed by atoms with E-state index in [1.165, 1.54) is 5.56 Å². The minimum absolute atomic E-state index is 0.0489. The van der Waals surface area contributed by atoms with Crippen LogP contribution in [0.5, 0.6) is 0 Å². The van der Waals surface area contributed by atoms with Crippen molar-refractivity contribution < 1.29 is 9.59 Å². The number of amides is 2. The van der Waals surface area contributed by atoms with Crippen LogP contribution < -0.4 is 5.32 Å². The van der Waals surface area contributed by atoms with Crippen LogP contribution in [0.1, 0.15) is 51.7 Å². The van der Waals surface area contributed by atoms with Crippen LogP contribution >= 0.6 is 0 Å². The van der Waals surface area contributed by atoms with Gasteiger partial charge in [0.1, 0.15) is 0 Å². The Balaban J connectivity index is 2.41. The largest absolute Gasteiger partial charge is 0.296 e. The normalized spacial score (nSPS) is 24.2. The lowest BCUT2D eigenvalue weighted by atomic mass is 9.74. The Labute approximate surface area is 114 Å². The number of imide groups is 1. The highest BCUT2D eigenvalue weighted by Crippen LogP contribution is 2.34. The molecule has 0 radical (unpaired) electrons. The topological polar surface area (TPSA) is 46.2 Å². The summed E-state index contributed by atoms with van der Waals surface area (Å²) in [7, 11) is 0. The Morgan fingerprint density at radius 1 is 1.21 bits per heavy atom. The monoisotopic (exact) mass is 259 g/mol. The van der Waals surface area contributed by atoms with Crippen molar-refractivity contribution in [3.63, 3.8) is 0 Å². The third-order valence-electron chi connectivity index (χ3n) is 3.97. The molecule has 1 aliphatic heterocycles. The van der Waals surface area contributed by atoms with Gasteiger partial charge >= 0.3 is 0 Å². The first-order valence-corrected chi connectivity index (χ1v) is 6.69. The Morgan fingerprint density at radius 2 is 1.89 bits per heavy atom. The molecule has 2 rings (SSSR count). The fraction of sp³-hybridized carbons (Fsp3) is 0.500. The lowest BCUT2D eigenvalue weighted by molar-refractivity contribution is -0.137. The van der Waals surface area contributed by atoms with Gasteiger partial charge in [-0.25, -0.2) is 0 Å². The molecule has 0 bridgehead atoms. The highest BCUT2D eigenvalue weighted by atomic mass is 16.2. The Hall–Kier alpha value is -1.64. The second-order valence-corrected chi connectivity index (χ2v) is 6.54. The fourth-order valence-corrected chi connectivity index (χ4v) is 2.41. The lowest BCUT2D eigenvalue weighted by Crippen LogP contribution is -2.49. The first-order valence-electron chi connectivity index (χ1n) is 6.69. The van der Waals surface area contributed by atoms with Gasteiger partial charge in [-0.3, -0.25) is 14.9 Å². The van der Waals surface area contributed by atoms with Crippen molar-refractivity contribution in [1.29, 1.82) is 0 Å². The molecular formula is C16H21NO2. The molecule has 1 heterocycles. The molecule has 2 amide bonds. The van der Waals surface area contributed by atoms with E-state index in [1.807, 2.05) is 19.1 Å². The summed E-state index contributed by atoms with van der Waals surface area (Å²) in [5.41, 5.74) is 1.64. The molecular weight excluding hydrogens is 238 g/mol. The molecule has 1 saturated heterocycles. The number of carbonyl (C=O) groups excluding carboxylic acids is 2. The van der Waals surface area contributed by atoms with E-state index in [2.05, 4.69) is 38.2 Å². The van der Waals surface area contributed by atoms with Gasteiger partial charge in [0, 0.05) is 6.42 Å². The Kier molecular flexibility index (Phi) is 3.25. The molecule has 1 aliphatic rings. The van der Waals surface area contributed by atoms with Crippen molar-refractivity contribution in [3.05, 3.63) is 35.4 Å². The van der Waals surface area contributed by atoms with Crippen LogP contribution in [0.25, 0.3) is 0 Å². The zero-order valence-corrected chi connectivity index (χ0v) is 12.0. The van der Waals surface area contributed by atoms with E-state index < -0.39 is 5.41 Å². The zero-order chi connectivity index (χ0) is 14.3. The summed E-state index contributed by atoms with van der Waals surface area (Å²) in [5.74, 6) is -0.357. The van der Waals surface area contributed by atoms with Crippen LogP contribution in [0.4, 0.5) is 0 Å². The van der Waals surface area contributed by atoms with E-state index in [1.54, 1.807) is 0 Å². The molecule has 1 aromatic carbocycles. The van der Waals surface area contributed by atoms with Crippen LogP contribution in [-0.2, 0) is 20.4 Å². The molecule has 3 heteroatoms. The highest BCUT2D eigenvalue weighted by molar-refractivity contribution is 6.03. The number of rotatable bonds is 1. The number of hydrogen-bond donors (Lipinski definition) is 1. The molecule has 0 aliphatic carbocycles. The molecule has 0 saturated carbocycles. The smallest absolute Gasteiger partial charge is 0.236 e. The summed E-state index contributed by atoms with van der Waals surface area (Å²) in [5, 5.41) is 2.45. The first-order chi connectivity index (χ1) is 8.73. The third kappa shape index (κ3) is 2.55. The van der Waals surface area contributed by atoms with E-state index in [-0.39, 0.29) is 17.2 Å². The van der Waals surface area contributed by atoms with Gasteiger partial charge in [-0.05, 0) is 29.9 Å². The van der Waals surface area contributed by atoms with Gasteiger partial charge in [0.15, 0.2) is 0 Å².